The first kappa shape index (κ1) is 25.3. The van der Waals surface area contributed by atoms with Gasteiger partial charge >= 0.3 is 0 Å². The largest absolute Gasteiger partial charge is 0.456 e. The summed E-state index contributed by atoms with van der Waals surface area (Å²) >= 11 is 0. The lowest BCUT2D eigenvalue weighted by Crippen LogP contribution is -2.01. The summed E-state index contributed by atoms with van der Waals surface area (Å²) in [6, 6.07) is 49.5. The molecule has 9 rings (SSSR count). The molecule has 0 spiro atoms. The fourth-order valence-corrected chi connectivity index (χ4v) is 6.08. The molecule has 0 aliphatic heterocycles. The molecule has 9 aromatic rings. The lowest BCUT2D eigenvalue weighted by atomic mass is 9.99. The van der Waals surface area contributed by atoms with E-state index in [9.17, 15) is 0 Å². The summed E-state index contributed by atoms with van der Waals surface area (Å²) < 4.78 is 6.46. The van der Waals surface area contributed by atoms with Crippen LogP contribution in [0.1, 0.15) is 0 Å². The van der Waals surface area contributed by atoms with Crippen molar-refractivity contribution in [2.45, 2.75) is 0 Å². The Kier molecular flexibility index (Phi) is 5.74. The van der Waals surface area contributed by atoms with Crippen LogP contribution in [0.4, 0.5) is 0 Å². The van der Waals surface area contributed by atoms with E-state index in [0.29, 0.717) is 23.2 Å². The molecule has 0 atom stereocenters. The summed E-state index contributed by atoms with van der Waals surface area (Å²) in [6.45, 7) is 0. The highest BCUT2D eigenvalue weighted by Gasteiger charge is 2.18. The molecule has 3 heterocycles. The molecular weight excluding hydrogens is 552 g/mol. The first-order chi connectivity index (χ1) is 22.3. The predicted octanol–water partition coefficient (Wildman–Crippen LogP) is 10.1. The van der Waals surface area contributed by atoms with Crippen LogP contribution in [0.2, 0.25) is 0 Å². The van der Waals surface area contributed by atoms with E-state index < -0.39 is 0 Å². The Hall–Kier alpha value is -6.20. The number of fused-ring (bicyclic) bond motifs is 5. The third kappa shape index (κ3) is 4.41. The lowest BCUT2D eigenvalue weighted by molar-refractivity contribution is 0.669. The van der Waals surface area contributed by atoms with Crippen LogP contribution in [-0.4, -0.2) is 19.9 Å². The van der Waals surface area contributed by atoms with E-state index in [0.717, 1.165) is 55.1 Å². The average molecular weight is 577 g/mol. The number of furan rings is 1. The molecule has 0 bridgehead atoms. The molecular formula is C40H24N4O. The summed E-state index contributed by atoms with van der Waals surface area (Å²) in [4.78, 5) is 19.8. The summed E-state index contributed by atoms with van der Waals surface area (Å²) in [6.07, 6.45) is 0. The molecule has 210 valence electrons. The predicted molar refractivity (Wildman–Crippen MR) is 182 cm³/mol. The maximum atomic E-state index is 6.46. The number of para-hydroxylation sites is 1. The van der Waals surface area contributed by atoms with Crippen molar-refractivity contribution in [1.82, 2.24) is 19.9 Å². The molecule has 0 unspecified atom stereocenters. The molecule has 0 radical (unpaired) electrons. The van der Waals surface area contributed by atoms with Crippen LogP contribution in [0.25, 0.3) is 89.0 Å². The van der Waals surface area contributed by atoms with Crippen LogP contribution in [-0.2, 0) is 0 Å². The molecule has 0 aliphatic carbocycles. The number of pyridine rings is 1. The van der Waals surface area contributed by atoms with Gasteiger partial charge in [0.15, 0.2) is 17.5 Å². The van der Waals surface area contributed by atoms with Gasteiger partial charge in [0.25, 0.3) is 0 Å². The standard InChI is InChI=1S/C40H24N4O/c1-2-11-27(12-3-1)38-42-39(44-40(43-38)34-22-20-26-10-6-7-15-33(26)41-34)32-14-8-16-35-37(32)31-21-19-30(24-36(31)45-35)29-18-17-25-9-4-5-13-28(25)23-29/h1-24H. The maximum absolute atomic E-state index is 6.46. The fourth-order valence-electron chi connectivity index (χ4n) is 6.08. The first-order valence-corrected chi connectivity index (χ1v) is 14.9. The molecule has 45 heavy (non-hydrogen) atoms. The van der Waals surface area contributed by atoms with Crippen LogP contribution >= 0.6 is 0 Å². The van der Waals surface area contributed by atoms with Crippen LogP contribution in [0.3, 0.4) is 0 Å². The SMILES string of the molecule is c1ccc(-c2nc(-c3ccc4ccccc4n3)nc(-c3cccc4oc5cc(-c6ccc7ccccc7c6)ccc5c34)n2)cc1. The first-order valence-electron chi connectivity index (χ1n) is 14.9. The summed E-state index contributed by atoms with van der Waals surface area (Å²) in [5.41, 5.74) is 7.22. The molecule has 6 aromatic carbocycles. The number of hydrogen-bond acceptors (Lipinski definition) is 5. The quantitative estimate of drug-likeness (QED) is 0.209. The zero-order valence-corrected chi connectivity index (χ0v) is 24.1. The van der Waals surface area contributed by atoms with Crippen molar-refractivity contribution in [3.8, 4) is 45.4 Å². The topological polar surface area (TPSA) is 64.7 Å². The Morgan fingerprint density at radius 1 is 0.400 bits per heavy atom. The lowest BCUT2D eigenvalue weighted by Gasteiger charge is -2.09. The Balaban J connectivity index is 1.23. The number of aromatic nitrogens is 4. The van der Waals surface area contributed by atoms with E-state index in [-0.39, 0.29) is 0 Å². The Morgan fingerprint density at radius 3 is 2.02 bits per heavy atom. The number of hydrogen-bond donors (Lipinski definition) is 0. The van der Waals surface area contributed by atoms with Crippen molar-refractivity contribution in [2.75, 3.05) is 0 Å². The van der Waals surface area contributed by atoms with Gasteiger partial charge in [-0.2, -0.15) is 0 Å². The minimum absolute atomic E-state index is 0.521. The van der Waals surface area contributed by atoms with E-state index in [4.69, 9.17) is 24.4 Å². The average Bonchev–Trinajstić information content (AvgIpc) is 3.49. The summed E-state index contributed by atoms with van der Waals surface area (Å²) in [5.74, 6) is 1.68. The molecule has 5 nitrogen and oxygen atoms in total. The van der Waals surface area contributed by atoms with Gasteiger partial charge in [0.05, 0.1) is 5.52 Å². The number of benzene rings is 6. The van der Waals surface area contributed by atoms with Crippen molar-refractivity contribution in [2.24, 2.45) is 0 Å². The second-order valence-electron chi connectivity index (χ2n) is 11.1. The monoisotopic (exact) mass is 576 g/mol. The molecule has 0 saturated carbocycles. The third-order valence-electron chi connectivity index (χ3n) is 8.32. The van der Waals surface area contributed by atoms with Gasteiger partial charge in [-0.05, 0) is 58.3 Å². The van der Waals surface area contributed by atoms with Gasteiger partial charge in [-0.25, -0.2) is 19.9 Å². The zero-order chi connectivity index (χ0) is 29.7. The Labute approximate surface area is 258 Å². The van der Waals surface area contributed by atoms with Gasteiger partial charge in [-0.15, -0.1) is 0 Å². The van der Waals surface area contributed by atoms with Crippen molar-refractivity contribution in [1.29, 1.82) is 0 Å². The number of rotatable bonds is 4. The normalized spacial score (nSPS) is 11.6. The third-order valence-corrected chi connectivity index (χ3v) is 8.32. The van der Waals surface area contributed by atoms with E-state index in [2.05, 4.69) is 78.9 Å². The second-order valence-corrected chi connectivity index (χ2v) is 11.1. The molecule has 0 amide bonds. The van der Waals surface area contributed by atoms with Gasteiger partial charge in [0, 0.05) is 27.3 Å². The number of nitrogens with zero attached hydrogens (tertiary/aromatic N) is 4. The molecule has 5 heteroatoms. The molecule has 0 saturated heterocycles. The Bertz CT molecular complexity index is 2550. The highest BCUT2D eigenvalue weighted by atomic mass is 16.3. The van der Waals surface area contributed by atoms with Crippen LogP contribution in [0.5, 0.6) is 0 Å². The minimum atomic E-state index is 0.521. The van der Waals surface area contributed by atoms with Crippen LogP contribution < -0.4 is 0 Å². The highest BCUT2D eigenvalue weighted by Crippen LogP contribution is 2.38. The molecule has 0 fully saturated rings. The van der Waals surface area contributed by atoms with E-state index in [1.54, 1.807) is 0 Å². The summed E-state index contributed by atoms with van der Waals surface area (Å²) in [5, 5.41) is 5.48. The smallest absolute Gasteiger partial charge is 0.182 e. The van der Waals surface area contributed by atoms with E-state index in [1.165, 1.54) is 10.8 Å². The van der Waals surface area contributed by atoms with E-state index >= 15 is 0 Å². The molecule has 0 aliphatic rings. The van der Waals surface area contributed by atoms with Crippen molar-refractivity contribution in [3.63, 3.8) is 0 Å². The van der Waals surface area contributed by atoms with Gasteiger partial charge in [-0.1, -0.05) is 109 Å². The van der Waals surface area contributed by atoms with Gasteiger partial charge in [0.2, 0.25) is 0 Å². The maximum Gasteiger partial charge on any atom is 0.182 e. The van der Waals surface area contributed by atoms with Gasteiger partial charge in [0.1, 0.15) is 16.9 Å². The second kappa shape index (κ2) is 10.2. The fraction of sp³-hybridized carbons (Fsp3) is 0. The van der Waals surface area contributed by atoms with Gasteiger partial charge in [-0.3, -0.25) is 0 Å². The summed E-state index contributed by atoms with van der Waals surface area (Å²) in [7, 11) is 0. The zero-order valence-electron chi connectivity index (χ0n) is 24.1. The van der Waals surface area contributed by atoms with Crippen LogP contribution in [0.15, 0.2) is 150 Å². The molecule has 3 aromatic heterocycles. The van der Waals surface area contributed by atoms with Crippen molar-refractivity contribution in [3.05, 3.63) is 146 Å². The van der Waals surface area contributed by atoms with Crippen molar-refractivity contribution >= 4 is 43.6 Å². The Morgan fingerprint density at radius 2 is 1.11 bits per heavy atom. The molecule has 0 N–H and O–H groups in total. The van der Waals surface area contributed by atoms with Gasteiger partial charge < -0.3 is 4.42 Å². The highest BCUT2D eigenvalue weighted by molar-refractivity contribution is 6.12. The van der Waals surface area contributed by atoms with Crippen molar-refractivity contribution < 1.29 is 4.42 Å². The van der Waals surface area contributed by atoms with Crippen LogP contribution in [0, 0.1) is 0 Å². The van der Waals surface area contributed by atoms with E-state index in [1.807, 2.05) is 66.7 Å². The minimum Gasteiger partial charge on any atom is -0.456 e.